The van der Waals surface area contributed by atoms with Gasteiger partial charge in [-0.15, -0.1) is 0 Å². The molecule has 0 radical (unpaired) electrons. The van der Waals surface area contributed by atoms with Crippen LogP contribution in [0.4, 0.5) is 0 Å². The molecule has 0 spiro atoms. The summed E-state index contributed by atoms with van der Waals surface area (Å²) < 4.78 is 18.3. The van der Waals surface area contributed by atoms with Crippen molar-refractivity contribution in [1.82, 2.24) is 0 Å². The quantitative estimate of drug-likeness (QED) is 0.671. The van der Waals surface area contributed by atoms with E-state index in [0.717, 1.165) is 5.92 Å². The van der Waals surface area contributed by atoms with Crippen molar-refractivity contribution in [2.45, 2.75) is 33.6 Å². The van der Waals surface area contributed by atoms with E-state index < -0.39 is 8.26 Å². The molecule has 0 rings (SSSR count). The topological polar surface area (TPSA) is 34.1 Å². The second-order valence-corrected chi connectivity index (χ2v) is 6.23. The highest BCUT2D eigenvalue weighted by atomic mass is 36.0. The summed E-state index contributed by atoms with van der Waals surface area (Å²) in [5.41, 5.74) is 0. The average Bonchev–Trinajstić information content (AvgIpc) is 1.58. The molecule has 0 unspecified atom stereocenters. The van der Waals surface area contributed by atoms with Crippen LogP contribution in [0.3, 0.4) is 0 Å². The van der Waals surface area contributed by atoms with Crippen LogP contribution in [0.1, 0.15) is 33.6 Å². The molecule has 0 fully saturated rings. The predicted molar refractivity (Wildman–Crippen MR) is 50.4 cm³/mol. The van der Waals surface area contributed by atoms with Gasteiger partial charge in [-0.1, -0.05) is 33.6 Å². The first kappa shape index (κ1) is 14.1. The summed E-state index contributed by atoms with van der Waals surface area (Å²) in [5.74, 6) is 0.898. The molecule has 11 heavy (non-hydrogen) atoms. The first-order valence-electron chi connectivity index (χ1n) is 3.41. The zero-order valence-electron chi connectivity index (χ0n) is 6.97. The van der Waals surface area contributed by atoms with E-state index in [2.05, 4.69) is 42.1 Å². The Bertz CT molecular complexity index is 155. The lowest BCUT2D eigenvalue weighted by Gasteiger charge is -1.95. The van der Waals surface area contributed by atoms with Crippen LogP contribution in [0, 0.1) is 5.92 Å². The van der Waals surface area contributed by atoms with Crippen LogP contribution in [0.2, 0.25) is 0 Å². The maximum atomic E-state index is 9.16. The zero-order chi connectivity index (χ0) is 9.49. The van der Waals surface area contributed by atoms with Crippen molar-refractivity contribution in [3.05, 3.63) is 0 Å². The average molecular weight is 221 g/mol. The minimum absolute atomic E-state index is 0.898. The molecule has 5 heteroatoms. The summed E-state index contributed by atoms with van der Waals surface area (Å²) in [6, 6.07) is 0. The smallest absolute Gasteiger partial charge is 0.195 e. The lowest BCUT2D eigenvalue weighted by Crippen LogP contribution is -1.81. The molecular formula is C6H14Cl2O2S. The number of hydrogen-bond acceptors (Lipinski definition) is 2. The van der Waals surface area contributed by atoms with Crippen LogP contribution in [0.25, 0.3) is 0 Å². The summed E-state index contributed by atoms with van der Waals surface area (Å²) in [4.78, 5) is 0. The van der Waals surface area contributed by atoms with Crippen LogP contribution < -0.4 is 0 Å². The van der Waals surface area contributed by atoms with Gasteiger partial charge in [-0.05, 0) is 5.92 Å². The molecule has 0 amide bonds. The lowest BCUT2D eigenvalue weighted by atomic mass is 10.1. The molecule has 2 nitrogen and oxygen atoms in total. The van der Waals surface area contributed by atoms with Gasteiger partial charge in [-0.25, -0.2) is 0 Å². The second kappa shape index (κ2) is 7.19. The summed E-state index contributed by atoms with van der Waals surface area (Å²) in [7, 11) is 4.81. The summed E-state index contributed by atoms with van der Waals surface area (Å²) in [6.07, 6.45) is 2.71. The van der Waals surface area contributed by atoms with Gasteiger partial charge in [0, 0.05) is 21.4 Å². The maximum absolute atomic E-state index is 9.16. The molecule has 0 atom stereocenters. The normalized spacial score (nSPS) is 10.7. The highest BCUT2D eigenvalue weighted by molar-refractivity contribution is 8.31. The Hall–Kier alpha value is 0.530. The second-order valence-electron chi connectivity index (χ2n) is 2.56. The molecule has 0 aliphatic carbocycles. The molecule has 0 saturated heterocycles. The van der Waals surface area contributed by atoms with Gasteiger partial charge in [-0.3, -0.25) is 0 Å². The van der Waals surface area contributed by atoms with Crippen LogP contribution in [0.5, 0.6) is 0 Å². The molecule has 0 aromatic heterocycles. The monoisotopic (exact) mass is 220 g/mol. The summed E-state index contributed by atoms with van der Waals surface area (Å²) in [5, 5.41) is 0. The zero-order valence-corrected chi connectivity index (χ0v) is 9.30. The highest BCUT2D eigenvalue weighted by Gasteiger charge is 1.88. The predicted octanol–water partition coefficient (Wildman–Crippen LogP) is 3.15. The van der Waals surface area contributed by atoms with Gasteiger partial charge in [0.15, 0.2) is 0 Å². The van der Waals surface area contributed by atoms with E-state index in [1.54, 1.807) is 0 Å². The van der Waals surface area contributed by atoms with Gasteiger partial charge in [0.05, 0.1) is 0 Å². The first-order chi connectivity index (χ1) is 4.77. The SMILES string of the molecule is CCCC(C)C.O=S(=O)(Cl)Cl. The van der Waals surface area contributed by atoms with Crippen molar-refractivity contribution in [3.63, 3.8) is 0 Å². The molecule has 70 valence electrons. The molecule has 0 heterocycles. The lowest BCUT2D eigenvalue weighted by molar-refractivity contribution is 0.576. The van der Waals surface area contributed by atoms with Crippen molar-refractivity contribution < 1.29 is 8.42 Å². The van der Waals surface area contributed by atoms with E-state index in [1.807, 2.05) is 0 Å². The van der Waals surface area contributed by atoms with Gasteiger partial charge in [-0.2, -0.15) is 8.42 Å². The van der Waals surface area contributed by atoms with E-state index in [1.165, 1.54) is 12.8 Å². The van der Waals surface area contributed by atoms with Crippen molar-refractivity contribution in [2.75, 3.05) is 0 Å². The molecular weight excluding hydrogens is 207 g/mol. The third-order valence-corrected chi connectivity index (χ3v) is 0.866. The van der Waals surface area contributed by atoms with Gasteiger partial charge >= 0.3 is 8.26 Å². The third kappa shape index (κ3) is 61.5. The summed E-state index contributed by atoms with van der Waals surface area (Å²) >= 11 is 0. The van der Waals surface area contributed by atoms with Crippen LogP contribution >= 0.6 is 21.4 Å². The first-order valence-corrected chi connectivity index (χ1v) is 6.55. The van der Waals surface area contributed by atoms with E-state index in [-0.39, 0.29) is 0 Å². The largest absolute Gasteiger partial charge is 0.317 e. The van der Waals surface area contributed by atoms with E-state index >= 15 is 0 Å². The molecule has 0 aromatic rings. The molecule has 0 N–H and O–H groups in total. The Kier molecular flexibility index (Phi) is 9.21. The number of hydrogen-bond donors (Lipinski definition) is 0. The molecule has 0 saturated carbocycles. The van der Waals surface area contributed by atoms with Crippen molar-refractivity contribution in [3.8, 4) is 0 Å². The fourth-order valence-corrected chi connectivity index (χ4v) is 0.577. The minimum Gasteiger partial charge on any atom is -0.195 e. The standard InChI is InChI=1S/C6H14.Cl2O2S/c1-4-5-6(2)3;1-5(2,3)4/h6H,4-5H2,1-3H3;. The van der Waals surface area contributed by atoms with Crippen LogP contribution in [-0.2, 0) is 8.26 Å². The fourth-order valence-electron chi connectivity index (χ4n) is 0.577. The van der Waals surface area contributed by atoms with Crippen molar-refractivity contribution in [1.29, 1.82) is 0 Å². The molecule has 0 aliphatic heterocycles. The van der Waals surface area contributed by atoms with Gasteiger partial charge in [0.25, 0.3) is 0 Å². The maximum Gasteiger partial charge on any atom is 0.317 e. The molecule has 0 aromatic carbocycles. The van der Waals surface area contributed by atoms with E-state index in [4.69, 9.17) is 8.42 Å². The van der Waals surface area contributed by atoms with E-state index in [0.29, 0.717) is 0 Å². The molecule has 0 bridgehead atoms. The summed E-state index contributed by atoms with van der Waals surface area (Å²) in [6.45, 7) is 6.73. The van der Waals surface area contributed by atoms with Gasteiger partial charge in [0.1, 0.15) is 0 Å². The fraction of sp³-hybridized carbons (Fsp3) is 1.00. The van der Waals surface area contributed by atoms with Crippen molar-refractivity contribution in [2.24, 2.45) is 5.92 Å². The molecule has 0 aliphatic rings. The van der Waals surface area contributed by atoms with Crippen LogP contribution in [0.15, 0.2) is 0 Å². The van der Waals surface area contributed by atoms with Gasteiger partial charge < -0.3 is 0 Å². The number of halogens is 2. The highest BCUT2D eigenvalue weighted by Crippen LogP contribution is 2.00. The Morgan fingerprint density at radius 2 is 1.55 bits per heavy atom. The Morgan fingerprint density at radius 1 is 1.27 bits per heavy atom. The third-order valence-electron chi connectivity index (χ3n) is 0.866. The van der Waals surface area contributed by atoms with Crippen LogP contribution in [-0.4, -0.2) is 8.42 Å². The number of rotatable bonds is 2. The minimum atomic E-state index is -3.72. The van der Waals surface area contributed by atoms with E-state index in [9.17, 15) is 0 Å². The Morgan fingerprint density at radius 3 is 1.55 bits per heavy atom. The van der Waals surface area contributed by atoms with Crippen molar-refractivity contribution >= 4 is 29.6 Å². The Labute approximate surface area is 77.8 Å². The van der Waals surface area contributed by atoms with Gasteiger partial charge in [0.2, 0.25) is 0 Å². The Balaban J connectivity index is 0.